The van der Waals surface area contributed by atoms with E-state index < -0.39 is 0 Å². The Labute approximate surface area is 115 Å². The van der Waals surface area contributed by atoms with Crippen LogP contribution in [0.5, 0.6) is 0 Å². The first-order chi connectivity index (χ1) is 8.67. The highest BCUT2D eigenvalue weighted by Crippen LogP contribution is 2.27. The molecule has 0 radical (unpaired) electrons. The van der Waals surface area contributed by atoms with Crippen molar-refractivity contribution in [3.8, 4) is 0 Å². The Kier molecular flexibility index (Phi) is 7.92. The second kappa shape index (κ2) is 8.92. The largest absolute Gasteiger partial charge is 0.314 e. The maximum Gasteiger partial charge on any atom is 0.00965 e. The van der Waals surface area contributed by atoms with Gasteiger partial charge in [-0.2, -0.15) is 0 Å². The van der Waals surface area contributed by atoms with Gasteiger partial charge in [0.05, 0.1) is 0 Å². The van der Waals surface area contributed by atoms with Crippen LogP contribution in [0.1, 0.15) is 66.2 Å². The minimum Gasteiger partial charge on any atom is -0.314 e. The van der Waals surface area contributed by atoms with Gasteiger partial charge in [-0.05, 0) is 57.5 Å². The highest BCUT2D eigenvalue weighted by molar-refractivity contribution is 4.85. The summed E-state index contributed by atoms with van der Waals surface area (Å²) in [6, 6.07) is 1.67. The number of hydrogen-bond donors (Lipinski definition) is 1. The summed E-state index contributed by atoms with van der Waals surface area (Å²) in [7, 11) is 0. The first-order valence-corrected chi connectivity index (χ1v) is 8.14. The molecule has 108 valence electrons. The third kappa shape index (κ3) is 6.75. The van der Waals surface area contributed by atoms with Gasteiger partial charge in [-0.25, -0.2) is 0 Å². The molecule has 0 aromatic heterocycles. The van der Waals surface area contributed by atoms with Crippen molar-refractivity contribution in [3.05, 3.63) is 0 Å². The molecule has 0 saturated heterocycles. The average molecular weight is 254 g/mol. The molecule has 1 aliphatic carbocycles. The van der Waals surface area contributed by atoms with E-state index >= 15 is 0 Å². The Morgan fingerprint density at radius 2 is 1.94 bits per heavy atom. The highest BCUT2D eigenvalue weighted by Gasteiger charge is 2.28. The topological polar surface area (TPSA) is 15.3 Å². The molecule has 0 aromatic carbocycles. The van der Waals surface area contributed by atoms with Crippen LogP contribution >= 0.6 is 0 Å². The molecule has 0 bridgehead atoms. The fourth-order valence-corrected chi connectivity index (χ4v) is 2.67. The molecule has 0 amide bonds. The zero-order valence-corrected chi connectivity index (χ0v) is 13.0. The van der Waals surface area contributed by atoms with Gasteiger partial charge in [-0.1, -0.05) is 27.7 Å². The summed E-state index contributed by atoms with van der Waals surface area (Å²) in [5.41, 5.74) is 0. The van der Waals surface area contributed by atoms with Crippen molar-refractivity contribution in [2.75, 3.05) is 19.6 Å². The fraction of sp³-hybridized carbons (Fsp3) is 1.00. The van der Waals surface area contributed by atoms with Gasteiger partial charge < -0.3 is 10.2 Å². The summed E-state index contributed by atoms with van der Waals surface area (Å²) in [5.74, 6) is 0.811. The molecule has 1 saturated carbocycles. The molecule has 0 aliphatic heterocycles. The zero-order chi connectivity index (χ0) is 13.4. The van der Waals surface area contributed by atoms with Crippen molar-refractivity contribution in [2.24, 2.45) is 5.92 Å². The van der Waals surface area contributed by atoms with Crippen LogP contribution in [0.2, 0.25) is 0 Å². The van der Waals surface area contributed by atoms with Gasteiger partial charge in [-0.15, -0.1) is 0 Å². The summed E-state index contributed by atoms with van der Waals surface area (Å²) < 4.78 is 0. The van der Waals surface area contributed by atoms with E-state index in [-0.39, 0.29) is 0 Å². The molecule has 2 nitrogen and oxygen atoms in total. The normalized spacial score (nSPS) is 17.7. The maximum absolute atomic E-state index is 3.66. The van der Waals surface area contributed by atoms with Gasteiger partial charge in [-0.3, -0.25) is 0 Å². The predicted molar refractivity (Wildman–Crippen MR) is 81.0 cm³/mol. The van der Waals surface area contributed by atoms with Gasteiger partial charge in [0.15, 0.2) is 0 Å². The van der Waals surface area contributed by atoms with E-state index in [0.717, 1.165) is 18.0 Å². The lowest BCUT2D eigenvalue weighted by atomic mass is 10.1. The van der Waals surface area contributed by atoms with E-state index in [1.54, 1.807) is 0 Å². The van der Waals surface area contributed by atoms with Gasteiger partial charge >= 0.3 is 0 Å². The highest BCUT2D eigenvalue weighted by atomic mass is 15.2. The van der Waals surface area contributed by atoms with Crippen LogP contribution in [0.15, 0.2) is 0 Å². The van der Waals surface area contributed by atoms with Crippen LogP contribution in [0.3, 0.4) is 0 Å². The third-order valence-corrected chi connectivity index (χ3v) is 3.84. The summed E-state index contributed by atoms with van der Waals surface area (Å²) in [6.07, 6.45) is 8.11. The van der Waals surface area contributed by atoms with Crippen molar-refractivity contribution < 1.29 is 0 Å². The molecule has 0 spiro atoms. The van der Waals surface area contributed by atoms with Crippen molar-refractivity contribution in [3.63, 3.8) is 0 Å². The monoisotopic (exact) mass is 254 g/mol. The lowest BCUT2D eigenvalue weighted by molar-refractivity contribution is 0.226. The lowest BCUT2D eigenvalue weighted by Gasteiger charge is -2.25. The molecule has 0 aromatic rings. The van der Waals surface area contributed by atoms with Crippen LogP contribution in [-0.4, -0.2) is 36.6 Å². The smallest absolute Gasteiger partial charge is 0.00965 e. The van der Waals surface area contributed by atoms with Gasteiger partial charge in [0.2, 0.25) is 0 Å². The van der Waals surface area contributed by atoms with E-state index in [0.29, 0.717) is 0 Å². The summed E-state index contributed by atoms with van der Waals surface area (Å²) >= 11 is 0. The van der Waals surface area contributed by atoms with E-state index in [9.17, 15) is 0 Å². The molecule has 1 unspecified atom stereocenters. The molecule has 1 fully saturated rings. The number of nitrogens with zero attached hydrogens (tertiary/aromatic N) is 1. The molecular formula is C16H34N2. The second-order valence-corrected chi connectivity index (χ2v) is 6.32. The number of nitrogens with one attached hydrogen (secondary N) is 1. The van der Waals surface area contributed by atoms with E-state index in [4.69, 9.17) is 0 Å². The SMILES string of the molecule is CCCNC(CC)CCCN(CC(C)C)C1CC1. The Hall–Kier alpha value is -0.0800. The molecule has 1 aliphatic rings. The van der Waals surface area contributed by atoms with Gasteiger partial charge in [0, 0.05) is 18.6 Å². The Morgan fingerprint density at radius 1 is 1.22 bits per heavy atom. The summed E-state index contributed by atoms with van der Waals surface area (Å²) in [5, 5.41) is 3.66. The van der Waals surface area contributed by atoms with Crippen LogP contribution in [0, 0.1) is 5.92 Å². The summed E-state index contributed by atoms with van der Waals surface area (Å²) in [6.45, 7) is 13.0. The van der Waals surface area contributed by atoms with Crippen molar-refractivity contribution in [1.29, 1.82) is 0 Å². The van der Waals surface area contributed by atoms with Crippen molar-refractivity contribution >= 4 is 0 Å². The third-order valence-electron chi connectivity index (χ3n) is 3.84. The van der Waals surface area contributed by atoms with Gasteiger partial charge in [0.25, 0.3) is 0 Å². The van der Waals surface area contributed by atoms with E-state index in [2.05, 4.69) is 37.9 Å². The molecule has 1 atom stereocenters. The zero-order valence-electron chi connectivity index (χ0n) is 13.0. The lowest BCUT2D eigenvalue weighted by Crippen LogP contribution is -2.33. The van der Waals surface area contributed by atoms with E-state index in [1.807, 2.05) is 0 Å². The minimum atomic E-state index is 0.741. The van der Waals surface area contributed by atoms with Crippen LogP contribution in [-0.2, 0) is 0 Å². The molecule has 18 heavy (non-hydrogen) atoms. The van der Waals surface area contributed by atoms with Crippen LogP contribution in [0.4, 0.5) is 0 Å². The standard InChI is InChI=1S/C16H34N2/c1-5-11-17-15(6-2)8-7-12-18(13-14(3)4)16-9-10-16/h14-17H,5-13H2,1-4H3. The predicted octanol–water partition coefficient (Wildman–Crippen LogP) is 3.67. The molecular weight excluding hydrogens is 220 g/mol. The second-order valence-electron chi connectivity index (χ2n) is 6.32. The Bertz CT molecular complexity index is 199. The molecule has 2 heteroatoms. The molecule has 0 heterocycles. The Balaban J connectivity index is 2.16. The minimum absolute atomic E-state index is 0.741. The maximum atomic E-state index is 3.66. The summed E-state index contributed by atoms with van der Waals surface area (Å²) in [4.78, 5) is 2.73. The Morgan fingerprint density at radius 3 is 2.44 bits per heavy atom. The first kappa shape index (κ1) is 16.0. The van der Waals surface area contributed by atoms with Crippen LogP contribution in [0.25, 0.3) is 0 Å². The van der Waals surface area contributed by atoms with Crippen molar-refractivity contribution in [1.82, 2.24) is 10.2 Å². The fourth-order valence-electron chi connectivity index (χ4n) is 2.67. The quantitative estimate of drug-likeness (QED) is 0.605. The molecule has 1 rings (SSSR count). The average Bonchev–Trinajstić information content (AvgIpc) is 3.15. The molecule has 1 N–H and O–H groups in total. The first-order valence-electron chi connectivity index (χ1n) is 8.14. The van der Waals surface area contributed by atoms with Gasteiger partial charge in [0.1, 0.15) is 0 Å². The van der Waals surface area contributed by atoms with Crippen molar-refractivity contribution in [2.45, 2.75) is 78.3 Å². The van der Waals surface area contributed by atoms with Crippen LogP contribution < -0.4 is 5.32 Å². The van der Waals surface area contributed by atoms with E-state index in [1.165, 1.54) is 58.2 Å². The number of hydrogen-bond acceptors (Lipinski definition) is 2. The number of rotatable bonds is 11.